The van der Waals surface area contributed by atoms with Crippen molar-refractivity contribution < 1.29 is 62.2 Å². The van der Waals surface area contributed by atoms with E-state index in [0.717, 1.165) is 5.56 Å². The summed E-state index contributed by atoms with van der Waals surface area (Å²) in [6.07, 6.45) is -6.41. The maximum absolute atomic E-state index is 14.2. The molecule has 3 heterocycles. The Morgan fingerprint density at radius 1 is 1.04 bits per heavy atom. The highest BCUT2D eigenvalue weighted by Crippen LogP contribution is 2.49. The van der Waals surface area contributed by atoms with Crippen molar-refractivity contribution in [1.82, 2.24) is 4.90 Å². The molecule has 14 heteroatoms. The van der Waals surface area contributed by atoms with Crippen LogP contribution in [0.5, 0.6) is 0 Å². The quantitative estimate of drug-likeness (QED) is 0.174. The van der Waals surface area contributed by atoms with Crippen LogP contribution < -0.4 is 0 Å². The monoisotopic (exact) mass is 747 g/mol. The molecule has 0 saturated carbocycles. The molecule has 3 saturated heterocycles. The van der Waals surface area contributed by atoms with Crippen LogP contribution in [-0.4, -0.2) is 113 Å². The lowest BCUT2D eigenvalue weighted by Crippen LogP contribution is -2.61. The van der Waals surface area contributed by atoms with E-state index in [1.165, 1.54) is 39.8 Å². The number of carbonyl (C=O) groups excluding carboxylic acids is 5. The van der Waals surface area contributed by atoms with E-state index in [9.17, 15) is 29.1 Å². The fraction of sp³-hybridized carbons (Fsp3) is 0.718. The number of benzene rings is 1. The molecule has 4 rings (SSSR count). The molecule has 0 unspecified atom stereocenters. The minimum Gasteiger partial charge on any atom is -0.459 e. The van der Waals surface area contributed by atoms with Crippen molar-refractivity contribution in [1.29, 1.82) is 0 Å². The summed E-state index contributed by atoms with van der Waals surface area (Å²) in [5, 5.41) is 11.5. The molecule has 3 aliphatic rings. The smallest absolute Gasteiger partial charge is 0.410 e. The first-order valence-electron chi connectivity index (χ1n) is 18.4. The second-order valence-electron chi connectivity index (χ2n) is 15.5. The van der Waals surface area contributed by atoms with Gasteiger partial charge in [-0.05, 0) is 59.4 Å². The lowest BCUT2D eigenvalue weighted by Gasteiger charge is -2.47. The standard InChI is InChI=1S/C39H57NO13/c1-12-28-38(8,46)35-39(9,53-35)31(43)21(2)19-37(7,47-11)32(23(4)29(42)24(5)33(44)51-28)52-34-30(50-25(6)41)27(18-22(3)49-34)40(10)36(45)48-20-26-16-14-13-15-17-26/h13-17,21-24,27-28,30,32,34-35,46H,12,18-20H2,1-11H3/t21-,22-,23+,24-,27+,28-,30-,32-,34+,35-,37+,38-,39+/m1/s1. The Kier molecular flexibility index (Phi) is 13.2. The topological polar surface area (TPSA) is 177 Å². The van der Waals surface area contributed by atoms with Crippen molar-refractivity contribution in [2.75, 3.05) is 14.2 Å². The van der Waals surface area contributed by atoms with Crippen molar-refractivity contribution in [3.8, 4) is 0 Å². The first kappa shape index (κ1) is 42.3. The minimum absolute atomic E-state index is 0.0216. The van der Waals surface area contributed by atoms with Crippen LogP contribution in [-0.2, 0) is 58.9 Å². The summed E-state index contributed by atoms with van der Waals surface area (Å²) >= 11 is 0. The number of likely N-dealkylation sites (N-methyl/N-ethyl adjacent to an activating group) is 1. The number of ketones is 2. The van der Waals surface area contributed by atoms with E-state index >= 15 is 0 Å². The molecule has 1 aromatic rings. The van der Waals surface area contributed by atoms with Gasteiger partial charge in [-0.25, -0.2) is 4.79 Å². The number of rotatable bonds is 8. The van der Waals surface area contributed by atoms with E-state index in [-0.39, 0.29) is 31.7 Å². The van der Waals surface area contributed by atoms with E-state index in [0.29, 0.717) is 0 Å². The highest BCUT2D eigenvalue weighted by molar-refractivity contribution is 6.00. The molecular formula is C39H57NO13. The van der Waals surface area contributed by atoms with E-state index in [2.05, 4.69) is 0 Å². The summed E-state index contributed by atoms with van der Waals surface area (Å²) in [6, 6.07) is 8.40. The number of ether oxygens (including phenoxy) is 7. The average Bonchev–Trinajstić information content (AvgIpc) is 3.84. The molecule has 3 aliphatic heterocycles. The van der Waals surface area contributed by atoms with Crippen LogP contribution in [0.1, 0.15) is 87.1 Å². The van der Waals surface area contributed by atoms with Gasteiger partial charge in [-0.1, -0.05) is 51.1 Å². The molecule has 14 nitrogen and oxygen atoms in total. The maximum Gasteiger partial charge on any atom is 0.410 e. The molecule has 0 aliphatic carbocycles. The number of nitrogens with zero attached hydrogens (tertiary/aromatic N) is 1. The van der Waals surface area contributed by atoms with Gasteiger partial charge in [-0.2, -0.15) is 0 Å². The molecule has 1 aromatic carbocycles. The molecule has 0 spiro atoms. The Bertz CT molecular complexity index is 1500. The molecule has 296 valence electrons. The van der Waals surface area contributed by atoms with Crippen molar-refractivity contribution in [3.05, 3.63) is 35.9 Å². The Morgan fingerprint density at radius 3 is 2.26 bits per heavy atom. The van der Waals surface area contributed by atoms with Crippen LogP contribution in [0.15, 0.2) is 30.3 Å². The number of aliphatic hydroxyl groups is 1. The Hall–Kier alpha value is -3.43. The van der Waals surface area contributed by atoms with Crippen LogP contribution in [0, 0.1) is 17.8 Å². The summed E-state index contributed by atoms with van der Waals surface area (Å²) in [6.45, 7) is 14.2. The number of hydrogen-bond donors (Lipinski definition) is 1. The summed E-state index contributed by atoms with van der Waals surface area (Å²) in [4.78, 5) is 69.0. The lowest BCUT2D eigenvalue weighted by molar-refractivity contribution is -0.297. The van der Waals surface area contributed by atoms with E-state index in [1.54, 1.807) is 41.5 Å². The molecule has 53 heavy (non-hydrogen) atoms. The predicted octanol–water partition coefficient (Wildman–Crippen LogP) is 4.16. The van der Waals surface area contributed by atoms with Gasteiger partial charge in [0.15, 0.2) is 29.6 Å². The third-order valence-corrected chi connectivity index (χ3v) is 11.2. The second kappa shape index (κ2) is 16.5. The number of Topliss-reactive ketones (excluding diaryl/α,β-unsaturated/α-hetero) is 2. The summed E-state index contributed by atoms with van der Waals surface area (Å²) < 4.78 is 42.1. The lowest BCUT2D eigenvalue weighted by atomic mass is 9.75. The molecule has 13 atom stereocenters. The van der Waals surface area contributed by atoms with E-state index in [1.807, 2.05) is 30.3 Å². The number of epoxide rings is 1. The summed E-state index contributed by atoms with van der Waals surface area (Å²) in [5.41, 5.74) is -3.69. The Balaban J connectivity index is 1.71. The van der Waals surface area contributed by atoms with Gasteiger partial charge in [-0.3, -0.25) is 19.2 Å². The number of fused-ring (bicyclic) bond motifs is 1. The van der Waals surface area contributed by atoms with Crippen molar-refractivity contribution >= 4 is 29.6 Å². The molecule has 0 radical (unpaired) electrons. The van der Waals surface area contributed by atoms with Crippen molar-refractivity contribution in [2.45, 2.75) is 148 Å². The first-order chi connectivity index (χ1) is 24.7. The van der Waals surface area contributed by atoms with Gasteiger partial charge in [-0.15, -0.1) is 0 Å². The number of amides is 1. The Morgan fingerprint density at radius 2 is 1.68 bits per heavy atom. The van der Waals surface area contributed by atoms with Crippen LogP contribution >= 0.6 is 0 Å². The van der Waals surface area contributed by atoms with E-state index in [4.69, 9.17) is 33.2 Å². The number of hydrogen-bond acceptors (Lipinski definition) is 13. The highest BCUT2D eigenvalue weighted by Gasteiger charge is 2.68. The fourth-order valence-corrected chi connectivity index (χ4v) is 7.99. The second-order valence-corrected chi connectivity index (χ2v) is 15.5. The third kappa shape index (κ3) is 8.94. The largest absolute Gasteiger partial charge is 0.459 e. The van der Waals surface area contributed by atoms with Gasteiger partial charge < -0.3 is 43.2 Å². The highest BCUT2D eigenvalue weighted by atomic mass is 16.7. The zero-order chi connectivity index (χ0) is 39.6. The van der Waals surface area contributed by atoms with Crippen LogP contribution in [0.4, 0.5) is 4.79 Å². The Labute approximate surface area is 312 Å². The minimum atomic E-state index is -1.72. The zero-order valence-corrected chi connectivity index (χ0v) is 32.8. The number of carbonyl (C=O) groups is 5. The van der Waals surface area contributed by atoms with Gasteiger partial charge in [0.25, 0.3) is 0 Å². The summed E-state index contributed by atoms with van der Waals surface area (Å²) in [7, 11) is 2.96. The molecule has 3 fully saturated rings. The SMILES string of the molecule is CC[C@H]1OC(=O)[C@H](C)C(=O)[C@H](C)[C@@H](O[C@@H]2O[C@H](C)C[C@H](N(C)C(=O)OCc3ccccc3)[C@H]2OC(C)=O)[C@@](C)(OC)C[C@@H](C)C(=O)[C@]2(C)O[C@@H]2[C@]1(C)O. The average molecular weight is 748 g/mol. The molecular weight excluding hydrogens is 690 g/mol. The number of esters is 2. The summed E-state index contributed by atoms with van der Waals surface area (Å²) in [5.74, 6) is -5.47. The normalized spacial score (nSPS) is 39.6. The first-order valence-corrected chi connectivity index (χ1v) is 18.4. The van der Waals surface area contributed by atoms with Gasteiger partial charge >= 0.3 is 18.0 Å². The van der Waals surface area contributed by atoms with E-state index < -0.39 is 101 Å². The van der Waals surface area contributed by atoms with Crippen LogP contribution in [0.3, 0.4) is 0 Å². The molecule has 0 bridgehead atoms. The molecule has 1 amide bonds. The predicted molar refractivity (Wildman–Crippen MR) is 189 cm³/mol. The molecule has 0 aromatic heterocycles. The third-order valence-electron chi connectivity index (χ3n) is 11.2. The number of methoxy groups -OCH3 is 1. The van der Waals surface area contributed by atoms with Crippen molar-refractivity contribution in [2.24, 2.45) is 17.8 Å². The van der Waals surface area contributed by atoms with Crippen LogP contribution in [0.2, 0.25) is 0 Å². The fourth-order valence-electron chi connectivity index (χ4n) is 7.99. The zero-order valence-electron chi connectivity index (χ0n) is 32.8. The van der Waals surface area contributed by atoms with Gasteiger partial charge in [0.05, 0.1) is 23.9 Å². The molecule has 1 N–H and O–H groups in total. The van der Waals surface area contributed by atoms with Gasteiger partial charge in [0, 0.05) is 32.9 Å². The van der Waals surface area contributed by atoms with Crippen molar-refractivity contribution in [3.63, 3.8) is 0 Å². The van der Waals surface area contributed by atoms with Gasteiger partial charge in [0.2, 0.25) is 0 Å². The maximum atomic E-state index is 14.2. The van der Waals surface area contributed by atoms with Gasteiger partial charge in [0.1, 0.15) is 30.3 Å². The number of cyclic esters (lactones) is 1. The van der Waals surface area contributed by atoms with Crippen LogP contribution in [0.25, 0.3) is 0 Å².